The molecule has 1 rings (SSSR count). The average Bonchev–Trinajstić information content (AvgIpc) is 2.76. The van der Waals surface area contributed by atoms with Crippen molar-refractivity contribution in [2.24, 2.45) is 0 Å². The van der Waals surface area contributed by atoms with Crippen LogP contribution in [0.15, 0.2) is 0 Å². The van der Waals surface area contributed by atoms with Crippen LogP contribution in [0.25, 0.3) is 0 Å². The summed E-state index contributed by atoms with van der Waals surface area (Å²) in [4.78, 5) is 50.3. The predicted molar refractivity (Wildman–Crippen MR) is 84.5 cm³/mol. The first kappa shape index (κ1) is 19.9. The number of alkyl carbamates (subject to hydrolysis) is 1. The molecule has 0 bridgehead atoms. The van der Waals surface area contributed by atoms with Crippen LogP contribution in [0.3, 0.4) is 0 Å². The summed E-state index contributed by atoms with van der Waals surface area (Å²) >= 11 is 0. The number of carbonyl (C=O) groups is 4. The fourth-order valence-electron chi connectivity index (χ4n) is 2.06. The van der Waals surface area contributed by atoms with Crippen LogP contribution in [0.5, 0.6) is 0 Å². The van der Waals surface area contributed by atoms with Crippen molar-refractivity contribution >= 4 is 23.9 Å². The van der Waals surface area contributed by atoms with Crippen LogP contribution < -0.4 is 5.32 Å². The maximum atomic E-state index is 11.6. The molecule has 136 valence electrons. The molecule has 0 atom stereocenters. The lowest BCUT2D eigenvalue weighted by atomic mass is 10.1. The van der Waals surface area contributed by atoms with Gasteiger partial charge in [0.05, 0.1) is 0 Å². The van der Waals surface area contributed by atoms with Gasteiger partial charge in [0.2, 0.25) is 0 Å². The first-order valence-corrected chi connectivity index (χ1v) is 8.22. The maximum absolute atomic E-state index is 11.6. The number of hydrogen-bond acceptors (Lipinski definition) is 6. The van der Waals surface area contributed by atoms with Crippen LogP contribution in [0.4, 0.5) is 4.79 Å². The van der Waals surface area contributed by atoms with Crippen LogP contribution in [0.2, 0.25) is 0 Å². The SMILES string of the molecule is CC(C)(C)OC(=O)NCCCCCCC(=O)ON1C(=O)CCC1=O. The number of imide groups is 1. The molecule has 1 aliphatic rings. The number of hydrogen-bond donors (Lipinski definition) is 1. The van der Waals surface area contributed by atoms with Crippen LogP contribution in [0, 0.1) is 0 Å². The van der Waals surface area contributed by atoms with Gasteiger partial charge >= 0.3 is 12.1 Å². The molecular weight excluding hydrogens is 316 g/mol. The van der Waals surface area contributed by atoms with E-state index in [1.165, 1.54) is 0 Å². The third-order valence-corrected chi connectivity index (χ3v) is 3.17. The van der Waals surface area contributed by atoms with Gasteiger partial charge in [-0.1, -0.05) is 12.8 Å². The van der Waals surface area contributed by atoms with Crippen molar-refractivity contribution in [3.63, 3.8) is 0 Å². The standard InChI is InChI=1S/C16H26N2O6/c1-16(2,3)23-15(22)17-11-7-5-4-6-8-14(21)24-18-12(19)9-10-13(18)20/h4-11H2,1-3H3,(H,17,22). The lowest BCUT2D eigenvalue weighted by molar-refractivity contribution is -0.197. The minimum atomic E-state index is -0.578. The van der Waals surface area contributed by atoms with Crippen molar-refractivity contribution in [2.45, 2.75) is 71.3 Å². The van der Waals surface area contributed by atoms with Crippen molar-refractivity contribution in [3.05, 3.63) is 0 Å². The van der Waals surface area contributed by atoms with E-state index in [4.69, 9.17) is 9.57 Å². The van der Waals surface area contributed by atoms with Crippen LogP contribution in [-0.4, -0.2) is 41.1 Å². The van der Waals surface area contributed by atoms with Gasteiger partial charge in [0.15, 0.2) is 0 Å². The average molecular weight is 342 g/mol. The van der Waals surface area contributed by atoms with Crippen LogP contribution >= 0.6 is 0 Å². The second kappa shape index (κ2) is 9.24. The van der Waals surface area contributed by atoms with Crippen LogP contribution in [-0.2, 0) is 24.0 Å². The van der Waals surface area contributed by atoms with E-state index in [0.717, 1.165) is 19.3 Å². The molecule has 0 saturated carbocycles. The maximum Gasteiger partial charge on any atom is 0.407 e. The number of amides is 3. The molecule has 3 amide bonds. The summed E-state index contributed by atoms with van der Waals surface area (Å²) < 4.78 is 5.11. The molecule has 1 N–H and O–H groups in total. The molecule has 1 aliphatic heterocycles. The number of nitrogens with one attached hydrogen (secondary N) is 1. The molecule has 0 aromatic heterocycles. The normalized spacial score (nSPS) is 14.7. The van der Waals surface area contributed by atoms with Crippen molar-refractivity contribution in [1.29, 1.82) is 0 Å². The van der Waals surface area contributed by atoms with Gasteiger partial charge < -0.3 is 14.9 Å². The fourth-order valence-corrected chi connectivity index (χ4v) is 2.06. The zero-order valence-electron chi connectivity index (χ0n) is 14.6. The van der Waals surface area contributed by atoms with Gasteiger partial charge in [-0.25, -0.2) is 9.59 Å². The van der Waals surface area contributed by atoms with E-state index < -0.39 is 29.5 Å². The number of unbranched alkanes of at least 4 members (excludes halogenated alkanes) is 3. The largest absolute Gasteiger partial charge is 0.444 e. The highest BCUT2D eigenvalue weighted by molar-refractivity contribution is 6.01. The quantitative estimate of drug-likeness (QED) is 0.535. The van der Waals surface area contributed by atoms with Gasteiger partial charge in [0.1, 0.15) is 5.60 Å². The summed E-state index contributed by atoms with van der Waals surface area (Å²) in [5.74, 6) is -1.52. The third-order valence-electron chi connectivity index (χ3n) is 3.17. The smallest absolute Gasteiger partial charge is 0.407 e. The lowest BCUT2D eigenvalue weighted by Crippen LogP contribution is -2.33. The molecule has 8 nitrogen and oxygen atoms in total. The van der Waals surface area contributed by atoms with Crippen molar-refractivity contribution < 1.29 is 28.8 Å². The highest BCUT2D eigenvalue weighted by Crippen LogP contribution is 2.13. The van der Waals surface area contributed by atoms with E-state index in [2.05, 4.69) is 5.32 Å². The Labute approximate surface area is 141 Å². The van der Waals surface area contributed by atoms with Crippen molar-refractivity contribution in [2.75, 3.05) is 6.54 Å². The van der Waals surface area contributed by atoms with E-state index in [9.17, 15) is 19.2 Å². The summed E-state index contributed by atoms with van der Waals surface area (Å²) in [5.41, 5.74) is -0.511. The summed E-state index contributed by atoms with van der Waals surface area (Å²) in [6.07, 6.45) is 2.90. The summed E-state index contributed by atoms with van der Waals surface area (Å²) in [6, 6.07) is 0. The summed E-state index contributed by atoms with van der Waals surface area (Å²) in [6.45, 7) is 5.91. The molecule has 0 aliphatic carbocycles. The van der Waals surface area contributed by atoms with Gasteiger partial charge in [-0.15, -0.1) is 5.06 Å². The summed E-state index contributed by atoms with van der Waals surface area (Å²) in [7, 11) is 0. The zero-order valence-corrected chi connectivity index (χ0v) is 14.6. The Balaban J connectivity index is 2.02. The zero-order chi connectivity index (χ0) is 18.2. The molecule has 0 radical (unpaired) electrons. The first-order valence-electron chi connectivity index (χ1n) is 8.22. The van der Waals surface area contributed by atoms with E-state index in [0.29, 0.717) is 18.0 Å². The van der Waals surface area contributed by atoms with Crippen molar-refractivity contribution in [3.8, 4) is 0 Å². The van der Waals surface area contributed by atoms with Crippen LogP contribution in [0.1, 0.15) is 65.7 Å². The number of carbonyl (C=O) groups excluding carboxylic acids is 4. The molecule has 24 heavy (non-hydrogen) atoms. The molecule has 0 aromatic rings. The Kier molecular flexibility index (Phi) is 7.67. The van der Waals surface area contributed by atoms with Gasteiger partial charge in [0, 0.05) is 25.8 Å². The second-order valence-electron chi connectivity index (χ2n) is 6.64. The Morgan fingerprint density at radius 1 is 1.04 bits per heavy atom. The molecule has 1 saturated heterocycles. The van der Waals surface area contributed by atoms with Crippen molar-refractivity contribution in [1.82, 2.24) is 10.4 Å². The summed E-state index contributed by atoms with van der Waals surface area (Å²) in [5, 5.41) is 3.23. The van der Waals surface area contributed by atoms with E-state index >= 15 is 0 Å². The molecule has 8 heteroatoms. The number of hydroxylamine groups is 2. The van der Waals surface area contributed by atoms with Gasteiger partial charge in [0.25, 0.3) is 11.8 Å². The first-order chi connectivity index (χ1) is 11.2. The number of nitrogens with zero attached hydrogens (tertiary/aromatic N) is 1. The van der Waals surface area contributed by atoms with E-state index in [1.807, 2.05) is 0 Å². The minimum Gasteiger partial charge on any atom is -0.444 e. The van der Waals surface area contributed by atoms with Gasteiger partial charge in [-0.2, -0.15) is 0 Å². The molecule has 0 aromatic carbocycles. The third kappa shape index (κ3) is 7.94. The molecule has 0 spiro atoms. The monoisotopic (exact) mass is 342 g/mol. The van der Waals surface area contributed by atoms with E-state index in [-0.39, 0.29) is 19.3 Å². The van der Waals surface area contributed by atoms with Gasteiger partial charge in [-0.3, -0.25) is 9.59 Å². The second-order valence-corrected chi connectivity index (χ2v) is 6.64. The van der Waals surface area contributed by atoms with E-state index in [1.54, 1.807) is 20.8 Å². The fraction of sp³-hybridized carbons (Fsp3) is 0.750. The minimum absolute atomic E-state index is 0.0940. The predicted octanol–water partition coefficient (Wildman–Crippen LogP) is 2.07. The number of rotatable bonds is 8. The highest BCUT2D eigenvalue weighted by Gasteiger charge is 2.32. The Hall–Kier alpha value is -2.12. The highest BCUT2D eigenvalue weighted by atomic mass is 16.7. The molecule has 1 heterocycles. The lowest BCUT2D eigenvalue weighted by Gasteiger charge is -2.19. The van der Waals surface area contributed by atoms with Gasteiger partial charge in [-0.05, 0) is 33.6 Å². The number of ether oxygens (including phenoxy) is 1. The Morgan fingerprint density at radius 3 is 2.21 bits per heavy atom. The topological polar surface area (TPSA) is 102 Å². The Morgan fingerprint density at radius 2 is 1.62 bits per heavy atom. The Bertz CT molecular complexity index is 467. The molecule has 1 fully saturated rings. The molecular formula is C16H26N2O6. The molecule has 0 unspecified atom stereocenters.